The number of piperidine rings is 1. The summed E-state index contributed by atoms with van der Waals surface area (Å²) in [5, 5.41) is 5.77. The minimum absolute atomic E-state index is 0.0724. The van der Waals surface area contributed by atoms with E-state index in [4.69, 9.17) is 4.74 Å². The Labute approximate surface area is 156 Å². The Balaban J connectivity index is 1.84. The zero-order valence-corrected chi connectivity index (χ0v) is 16.5. The van der Waals surface area contributed by atoms with Crippen molar-refractivity contribution in [1.29, 1.82) is 0 Å². The van der Waals surface area contributed by atoms with Gasteiger partial charge in [-0.25, -0.2) is 4.79 Å². The van der Waals surface area contributed by atoms with Crippen LogP contribution in [-0.4, -0.2) is 47.7 Å². The molecule has 6 nitrogen and oxygen atoms in total. The summed E-state index contributed by atoms with van der Waals surface area (Å²) in [5.74, 6) is -0.0724. The minimum Gasteiger partial charge on any atom is -0.444 e. The predicted octanol–water partition coefficient (Wildman–Crippen LogP) is 3.64. The number of nitrogens with one attached hydrogen (secondary N) is 2. The van der Waals surface area contributed by atoms with Gasteiger partial charge < -0.3 is 15.0 Å². The number of benzene rings is 1. The molecular weight excluding hydrogens is 330 g/mol. The van der Waals surface area contributed by atoms with Gasteiger partial charge in [-0.2, -0.15) is 0 Å². The molecule has 1 aliphatic heterocycles. The molecule has 1 aliphatic rings. The molecule has 2 N–H and O–H groups in total. The Bertz CT molecular complexity index is 612. The minimum atomic E-state index is -0.547. The number of anilines is 1. The zero-order valence-electron chi connectivity index (χ0n) is 16.5. The molecule has 26 heavy (non-hydrogen) atoms. The second-order valence-corrected chi connectivity index (χ2v) is 8.08. The van der Waals surface area contributed by atoms with E-state index in [2.05, 4.69) is 29.4 Å². The Hall–Kier alpha value is -2.08. The molecule has 144 valence electrons. The van der Waals surface area contributed by atoms with E-state index in [1.165, 1.54) is 0 Å². The summed E-state index contributed by atoms with van der Waals surface area (Å²) in [7, 11) is 0. The van der Waals surface area contributed by atoms with E-state index in [9.17, 15) is 9.59 Å². The number of hydrogen-bond donors (Lipinski definition) is 2. The van der Waals surface area contributed by atoms with Gasteiger partial charge in [-0.1, -0.05) is 0 Å². The van der Waals surface area contributed by atoms with Gasteiger partial charge in [0.1, 0.15) is 5.60 Å². The molecule has 0 bridgehead atoms. The number of ether oxygens (including phenoxy) is 1. The maximum Gasteiger partial charge on any atom is 0.412 e. The number of hydrogen-bond acceptors (Lipinski definition) is 4. The van der Waals surface area contributed by atoms with E-state index in [0.717, 1.165) is 25.9 Å². The van der Waals surface area contributed by atoms with E-state index in [0.29, 0.717) is 17.3 Å². The highest BCUT2D eigenvalue weighted by molar-refractivity contribution is 5.95. The van der Waals surface area contributed by atoms with Gasteiger partial charge in [0.05, 0.1) is 0 Å². The normalized spacial score (nSPS) is 16.4. The van der Waals surface area contributed by atoms with Crippen molar-refractivity contribution in [2.24, 2.45) is 0 Å². The Kier molecular flexibility index (Phi) is 6.64. The zero-order chi connectivity index (χ0) is 19.3. The number of carbonyl (C=O) groups excluding carboxylic acids is 2. The van der Waals surface area contributed by atoms with Crippen LogP contribution in [-0.2, 0) is 4.74 Å². The summed E-state index contributed by atoms with van der Waals surface area (Å²) in [6.07, 6.45) is 1.44. The lowest BCUT2D eigenvalue weighted by atomic mass is 10.0. The molecule has 0 spiro atoms. The van der Waals surface area contributed by atoms with Crippen molar-refractivity contribution in [3.63, 3.8) is 0 Å². The van der Waals surface area contributed by atoms with Crippen LogP contribution in [0.5, 0.6) is 0 Å². The van der Waals surface area contributed by atoms with Gasteiger partial charge in [-0.15, -0.1) is 0 Å². The van der Waals surface area contributed by atoms with Crippen molar-refractivity contribution in [1.82, 2.24) is 10.2 Å². The van der Waals surface area contributed by atoms with Crippen molar-refractivity contribution in [2.45, 2.75) is 65.1 Å². The molecule has 0 aromatic heterocycles. The van der Waals surface area contributed by atoms with Crippen LogP contribution in [0.3, 0.4) is 0 Å². The monoisotopic (exact) mass is 361 g/mol. The summed E-state index contributed by atoms with van der Waals surface area (Å²) in [4.78, 5) is 26.6. The lowest BCUT2D eigenvalue weighted by Crippen LogP contribution is -2.46. The molecular formula is C20H31N3O3. The van der Waals surface area contributed by atoms with Crippen molar-refractivity contribution in [3.05, 3.63) is 29.8 Å². The first-order valence-electron chi connectivity index (χ1n) is 9.29. The first-order valence-corrected chi connectivity index (χ1v) is 9.29. The molecule has 1 saturated heterocycles. The fraction of sp³-hybridized carbons (Fsp3) is 0.600. The molecule has 0 unspecified atom stereocenters. The van der Waals surface area contributed by atoms with Crippen LogP contribution in [0.25, 0.3) is 0 Å². The van der Waals surface area contributed by atoms with Crippen LogP contribution < -0.4 is 10.6 Å². The summed E-state index contributed by atoms with van der Waals surface area (Å²) >= 11 is 0. The molecule has 0 radical (unpaired) electrons. The average Bonchev–Trinajstić information content (AvgIpc) is 2.54. The summed E-state index contributed by atoms with van der Waals surface area (Å²) in [5.41, 5.74) is 0.641. The SMILES string of the molecule is CC(C)N1CCC(NC(=O)c2ccc(NC(=O)OC(C)(C)C)cc2)CC1. The number of nitrogens with zero attached hydrogens (tertiary/aromatic N) is 1. The van der Waals surface area contributed by atoms with Crippen LogP contribution in [0.2, 0.25) is 0 Å². The average molecular weight is 361 g/mol. The number of likely N-dealkylation sites (tertiary alicyclic amines) is 1. The second kappa shape index (κ2) is 8.54. The van der Waals surface area contributed by atoms with Gasteiger partial charge in [0, 0.05) is 36.4 Å². The maximum absolute atomic E-state index is 12.4. The topological polar surface area (TPSA) is 70.7 Å². The highest BCUT2D eigenvalue weighted by Crippen LogP contribution is 2.15. The Morgan fingerprint density at radius 1 is 1.12 bits per heavy atom. The van der Waals surface area contributed by atoms with Gasteiger partial charge in [-0.3, -0.25) is 10.1 Å². The van der Waals surface area contributed by atoms with E-state index in [1.807, 2.05) is 20.8 Å². The third-order valence-corrected chi connectivity index (χ3v) is 4.39. The third kappa shape index (κ3) is 6.33. The summed E-state index contributed by atoms with van der Waals surface area (Å²) < 4.78 is 5.21. The van der Waals surface area contributed by atoms with Crippen LogP contribution in [0.4, 0.5) is 10.5 Å². The molecule has 1 heterocycles. The fourth-order valence-corrected chi connectivity index (χ4v) is 2.96. The van der Waals surface area contributed by atoms with Crippen LogP contribution >= 0.6 is 0 Å². The highest BCUT2D eigenvalue weighted by Gasteiger charge is 2.22. The summed E-state index contributed by atoms with van der Waals surface area (Å²) in [6, 6.07) is 7.62. The third-order valence-electron chi connectivity index (χ3n) is 4.39. The standard InChI is InChI=1S/C20H31N3O3/c1-14(2)23-12-10-17(11-13-23)21-18(24)15-6-8-16(9-7-15)22-19(25)26-20(3,4)5/h6-9,14,17H,10-13H2,1-5H3,(H,21,24)(H,22,25). The van der Waals surface area contributed by atoms with E-state index in [-0.39, 0.29) is 11.9 Å². The van der Waals surface area contributed by atoms with Gasteiger partial charge in [-0.05, 0) is 71.7 Å². The summed E-state index contributed by atoms with van der Waals surface area (Å²) in [6.45, 7) is 11.9. The van der Waals surface area contributed by atoms with Crippen LogP contribution in [0.1, 0.15) is 57.8 Å². The van der Waals surface area contributed by atoms with Crippen molar-refractivity contribution in [3.8, 4) is 0 Å². The van der Waals surface area contributed by atoms with Crippen molar-refractivity contribution < 1.29 is 14.3 Å². The molecule has 0 atom stereocenters. The first-order chi connectivity index (χ1) is 12.1. The lowest BCUT2D eigenvalue weighted by Gasteiger charge is -2.34. The smallest absolute Gasteiger partial charge is 0.412 e. The number of amides is 2. The van der Waals surface area contributed by atoms with Gasteiger partial charge in [0.15, 0.2) is 0 Å². The predicted molar refractivity (Wildman–Crippen MR) is 103 cm³/mol. The molecule has 1 aromatic carbocycles. The van der Waals surface area contributed by atoms with Gasteiger partial charge in [0.25, 0.3) is 5.91 Å². The van der Waals surface area contributed by atoms with Crippen molar-refractivity contribution in [2.75, 3.05) is 18.4 Å². The molecule has 2 amide bonds. The van der Waals surface area contributed by atoms with Crippen LogP contribution in [0, 0.1) is 0 Å². The van der Waals surface area contributed by atoms with Crippen molar-refractivity contribution >= 4 is 17.7 Å². The lowest BCUT2D eigenvalue weighted by molar-refractivity contribution is 0.0635. The second-order valence-electron chi connectivity index (χ2n) is 8.08. The number of rotatable bonds is 4. The molecule has 0 aliphatic carbocycles. The van der Waals surface area contributed by atoms with Gasteiger partial charge in [0.2, 0.25) is 0 Å². The highest BCUT2D eigenvalue weighted by atomic mass is 16.6. The molecule has 1 aromatic rings. The first kappa shape index (κ1) is 20.2. The Morgan fingerprint density at radius 3 is 2.19 bits per heavy atom. The largest absolute Gasteiger partial charge is 0.444 e. The molecule has 1 fully saturated rings. The van der Waals surface area contributed by atoms with E-state index < -0.39 is 11.7 Å². The maximum atomic E-state index is 12.4. The number of carbonyl (C=O) groups is 2. The van der Waals surface area contributed by atoms with Crippen LogP contribution in [0.15, 0.2) is 24.3 Å². The van der Waals surface area contributed by atoms with E-state index in [1.54, 1.807) is 24.3 Å². The molecule has 6 heteroatoms. The van der Waals surface area contributed by atoms with Gasteiger partial charge >= 0.3 is 6.09 Å². The Morgan fingerprint density at radius 2 is 1.69 bits per heavy atom. The molecule has 0 saturated carbocycles. The fourth-order valence-electron chi connectivity index (χ4n) is 2.96. The van der Waals surface area contributed by atoms with E-state index >= 15 is 0 Å². The molecule has 2 rings (SSSR count). The quantitative estimate of drug-likeness (QED) is 0.859.